The van der Waals surface area contributed by atoms with Gasteiger partial charge in [0.15, 0.2) is 0 Å². The number of anilines is 1. The third-order valence-electron chi connectivity index (χ3n) is 6.50. The standard InChI is InChI=1S/C30H35ClFN3O5S/c1-4-6-18-33-30(37)28(5-2)34(20-22-10-12-24(32)13-11-22)29(36)21-35(25-9-7-8-23(31)19-25)41(38,39)27-16-14-26(40-3)15-17-27/h7-17,19,28H,4-6,18,20-21H2,1-3H3,(H,33,37)/t28-/m1/s1. The number of ether oxygens (including phenoxy) is 1. The summed E-state index contributed by atoms with van der Waals surface area (Å²) >= 11 is 6.20. The normalized spacial score (nSPS) is 11.9. The van der Waals surface area contributed by atoms with Gasteiger partial charge in [0.1, 0.15) is 24.2 Å². The lowest BCUT2D eigenvalue weighted by Crippen LogP contribution is -2.52. The molecule has 1 N–H and O–H groups in total. The van der Waals surface area contributed by atoms with Crippen LogP contribution in [0.1, 0.15) is 38.7 Å². The molecule has 1 atom stereocenters. The Bertz CT molecular complexity index is 1420. The van der Waals surface area contributed by atoms with Gasteiger partial charge < -0.3 is 15.0 Å². The Hall–Kier alpha value is -3.63. The third-order valence-corrected chi connectivity index (χ3v) is 8.53. The van der Waals surface area contributed by atoms with Crippen LogP contribution in [0.25, 0.3) is 0 Å². The molecule has 3 aromatic rings. The predicted octanol–water partition coefficient (Wildman–Crippen LogP) is 5.41. The molecule has 0 aliphatic heterocycles. The van der Waals surface area contributed by atoms with Crippen molar-refractivity contribution in [1.82, 2.24) is 10.2 Å². The molecule has 0 saturated carbocycles. The van der Waals surface area contributed by atoms with Crippen molar-refractivity contribution in [1.29, 1.82) is 0 Å². The number of nitrogens with one attached hydrogen (secondary N) is 1. The van der Waals surface area contributed by atoms with Crippen LogP contribution < -0.4 is 14.4 Å². The molecule has 0 aliphatic rings. The third kappa shape index (κ3) is 8.43. The summed E-state index contributed by atoms with van der Waals surface area (Å²) in [5, 5.41) is 3.16. The molecular weight excluding hydrogens is 569 g/mol. The number of carbonyl (C=O) groups excluding carboxylic acids is 2. The molecule has 0 aromatic heterocycles. The van der Waals surface area contributed by atoms with Crippen LogP contribution in [0.2, 0.25) is 5.02 Å². The molecule has 0 bridgehead atoms. The fraction of sp³-hybridized carbons (Fsp3) is 0.333. The molecule has 11 heteroatoms. The van der Waals surface area contributed by atoms with E-state index in [1.165, 1.54) is 66.6 Å². The predicted molar refractivity (Wildman–Crippen MR) is 158 cm³/mol. The quantitative estimate of drug-likeness (QED) is 0.249. The molecule has 0 radical (unpaired) electrons. The summed E-state index contributed by atoms with van der Waals surface area (Å²) in [7, 11) is -2.78. The van der Waals surface area contributed by atoms with Gasteiger partial charge in [0.2, 0.25) is 11.8 Å². The van der Waals surface area contributed by atoms with Gasteiger partial charge >= 0.3 is 0 Å². The summed E-state index contributed by atoms with van der Waals surface area (Å²) in [5.74, 6) is -0.916. The highest BCUT2D eigenvalue weighted by molar-refractivity contribution is 7.92. The highest BCUT2D eigenvalue weighted by Gasteiger charge is 2.33. The number of unbranched alkanes of at least 4 members (excludes halogenated alkanes) is 1. The summed E-state index contributed by atoms with van der Waals surface area (Å²) in [5.41, 5.74) is 0.774. The van der Waals surface area contributed by atoms with Crippen molar-refractivity contribution in [3.05, 3.63) is 89.2 Å². The maximum Gasteiger partial charge on any atom is 0.264 e. The fourth-order valence-electron chi connectivity index (χ4n) is 4.25. The number of rotatable bonds is 14. The first-order valence-corrected chi connectivity index (χ1v) is 15.2. The number of halogens is 2. The number of nitrogens with zero attached hydrogens (tertiary/aromatic N) is 2. The smallest absolute Gasteiger partial charge is 0.264 e. The minimum Gasteiger partial charge on any atom is -0.497 e. The van der Waals surface area contributed by atoms with E-state index in [1.54, 1.807) is 25.1 Å². The van der Waals surface area contributed by atoms with E-state index in [2.05, 4.69) is 5.32 Å². The van der Waals surface area contributed by atoms with Crippen molar-refractivity contribution in [3.8, 4) is 5.75 Å². The zero-order chi connectivity index (χ0) is 30.0. The Morgan fingerprint density at radius 2 is 1.71 bits per heavy atom. The van der Waals surface area contributed by atoms with Gasteiger partial charge in [-0.25, -0.2) is 12.8 Å². The molecule has 0 saturated heterocycles. The Morgan fingerprint density at radius 1 is 1.02 bits per heavy atom. The molecule has 0 spiro atoms. The molecule has 0 aliphatic carbocycles. The zero-order valence-corrected chi connectivity index (χ0v) is 24.9. The van der Waals surface area contributed by atoms with Crippen LogP contribution >= 0.6 is 11.6 Å². The minimum absolute atomic E-state index is 0.0230. The van der Waals surface area contributed by atoms with E-state index >= 15 is 0 Å². The van der Waals surface area contributed by atoms with Crippen molar-refractivity contribution in [2.24, 2.45) is 0 Å². The first-order chi connectivity index (χ1) is 19.6. The van der Waals surface area contributed by atoms with Gasteiger partial charge in [-0.05, 0) is 73.0 Å². The number of hydrogen-bond donors (Lipinski definition) is 1. The lowest BCUT2D eigenvalue weighted by atomic mass is 10.1. The Morgan fingerprint density at radius 3 is 2.29 bits per heavy atom. The van der Waals surface area contributed by atoms with E-state index in [4.69, 9.17) is 16.3 Å². The van der Waals surface area contributed by atoms with Gasteiger partial charge in [-0.15, -0.1) is 0 Å². The van der Waals surface area contributed by atoms with Crippen molar-refractivity contribution < 1.29 is 27.1 Å². The lowest BCUT2D eigenvalue weighted by Gasteiger charge is -2.33. The number of hydrogen-bond acceptors (Lipinski definition) is 5. The van der Waals surface area contributed by atoms with Gasteiger partial charge in [0.05, 0.1) is 17.7 Å². The Kier molecular flexibility index (Phi) is 11.5. The fourth-order valence-corrected chi connectivity index (χ4v) is 5.84. The molecule has 41 heavy (non-hydrogen) atoms. The molecule has 0 fully saturated rings. The summed E-state index contributed by atoms with van der Waals surface area (Å²) in [4.78, 5) is 28.5. The van der Waals surface area contributed by atoms with E-state index in [0.29, 0.717) is 17.9 Å². The van der Waals surface area contributed by atoms with Crippen LogP contribution in [0.3, 0.4) is 0 Å². The number of methoxy groups -OCH3 is 1. The number of benzene rings is 3. The summed E-state index contributed by atoms with van der Waals surface area (Å²) in [6, 6.07) is 16.7. The van der Waals surface area contributed by atoms with E-state index in [0.717, 1.165) is 17.1 Å². The van der Waals surface area contributed by atoms with E-state index < -0.39 is 34.3 Å². The first kappa shape index (κ1) is 31.9. The zero-order valence-electron chi connectivity index (χ0n) is 23.3. The number of carbonyl (C=O) groups is 2. The van der Waals surface area contributed by atoms with Crippen LogP contribution in [0.15, 0.2) is 77.7 Å². The minimum atomic E-state index is -4.25. The van der Waals surface area contributed by atoms with Crippen LogP contribution in [0.4, 0.5) is 10.1 Å². The molecule has 3 aromatic carbocycles. The molecule has 8 nitrogen and oxygen atoms in total. The SMILES string of the molecule is CCCCNC(=O)[C@@H](CC)N(Cc1ccc(F)cc1)C(=O)CN(c1cccc(Cl)c1)S(=O)(=O)c1ccc(OC)cc1. The highest BCUT2D eigenvalue weighted by Crippen LogP contribution is 2.28. The topological polar surface area (TPSA) is 96.0 Å². The van der Waals surface area contributed by atoms with E-state index in [1.807, 2.05) is 6.92 Å². The summed E-state index contributed by atoms with van der Waals surface area (Å²) in [6.07, 6.45) is 1.94. The van der Waals surface area contributed by atoms with E-state index in [9.17, 15) is 22.4 Å². The lowest BCUT2D eigenvalue weighted by molar-refractivity contribution is -0.140. The number of sulfonamides is 1. The van der Waals surface area contributed by atoms with E-state index in [-0.39, 0.29) is 34.5 Å². The maximum atomic E-state index is 14.0. The maximum absolute atomic E-state index is 14.0. The van der Waals surface area contributed by atoms with Gasteiger partial charge in [0.25, 0.3) is 10.0 Å². The Labute approximate surface area is 246 Å². The van der Waals surface area contributed by atoms with Crippen molar-refractivity contribution in [2.45, 2.75) is 50.6 Å². The molecule has 2 amide bonds. The molecule has 220 valence electrons. The van der Waals surface area contributed by atoms with Crippen molar-refractivity contribution in [2.75, 3.05) is 24.5 Å². The highest BCUT2D eigenvalue weighted by atomic mass is 35.5. The molecular formula is C30H35ClFN3O5S. The van der Waals surface area contributed by atoms with Crippen molar-refractivity contribution in [3.63, 3.8) is 0 Å². The van der Waals surface area contributed by atoms with Crippen LogP contribution in [-0.2, 0) is 26.2 Å². The van der Waals surface area contributed by atoms with Crippen LogP contribution in [0, 0.1) is 5.82 Å². The number of amides is 2. The first-order valence-electron chi connectivity index (χ1n) is 13.3. The van der Waals surface area contributed by atoms with Gasteiger partial charge in [0, 0.05) is 18.1 Å². The second-order valence-corrected chi connectivity index (χ2v) is 11.7. The second kappa shape index (κ2) is 14.8. The Balaban J connectivity index is 2.03. The van der Waals surface area contributed by atoms with Crippen molar-refractivity contribution >= 4 is 39.1 Å². The van der Waals surface area contributed by atoms with Gasteiger partial charge in [-0.2, -0.15) is 0 Å². The molecule has 3 rings (SSSR count). The van der Waals surface area contributed by atoms with Gasteiger partial charge in [-0.1, -0.05) is 50.1 Å². The van der Waals surface area contributed by atoms with Crippen LogP contribution in [0.5, 0.6) is 5.75 Å². The summed E-state index contributed by atoms with van der Waals surface area (Å²) < 4.78 is 47.5. The van der Waals surface area contributed by atoms with Crippen LogP contribution in [-0.4, -0.2) is 51.4 Å². The molecule has 0 heterocycles. The molecule has 0 unspecified atom stereocenters. The monoisotopic (exact) mass is 603 g/mol. The second-order valence-electron chi connectivity index (χ2n) is 9.38. The summed E-state index contributed by atoms with van der Waals surface area (Å²) in [6.45, 7) is 3.60. The largest absolute Gasteiger partial charge is 0.497 e. The average Bonchev–Trinajstić information content (AvgIpc) is 2.96. The van der Waals surface area contributed by atoms with Gasteiger partial charge in [-0.3, -0.25) is 13.9 Å². The average molecular weight is 604 g/mol.